The number of carboxylic acids is 2. The zero-order valence-corrected chi connectivity index (χ0v) is 16.6. The molecule has 160 valence electrons. The Morgan fingerprint density at radius 1 is 1.03 bits per heavy atom. The molecule has 0 radical (unpaired) electrons. The maximum atomic E-state index is 12.7. The van der Waals surface area contributed by atoms with Crippen molar-refractivity contribution < 1.29 is 34.5 Å². The van der Waals surface area contributed by atoms with E-state index in [1.54, 1.807) is 18.4 Å². The predicted molar refractivity (Wildman–Crippen MR) is 107 cm³/mol. The Hall–Kier alpha value is -2.79. The van der Waals surface area contributed by atoms with Crippen molar-refractivity contribution in [2.24, 2.45) is 5.73 Å². The average Bonchev–Trinajstić information content (AvgIpc) is 2.65. The van der Waals surface area contributed by atoms with Gasteiger partial charge in [-0.25, -0.2) is 4.79 Å². The number of amides is 2. The minimum atomic E-state index is -1.37. The van der Waals surface area contributed by atoms with Gasteiger partial charge in [-0.05, 0) is 36.1 Å². The van der Waals surface area contributed by atoms with Crippen LogP contribution in [-0.4, -0.2) is 69.2 Å². The number of hydrogen-bond donors (Lipinski definition) is 6. The zero-order chi connectivity index (χ0) is 22.0. The highest BCUT2D eigenvalue weighted by Crippen LogP contribution is 2.12. The molecule has 0 aromatic heterocycles. The minimum absolute atomic E-state index is 0.00743. The Balaban J connectivity index is 2.96. The van der Waals surface area contributed by atoms with Gasteiger partial charge in [0.2, 0.25) is 11.8 Å². The van der Waals surface area contributed by atoms with E-state index in [1.165, 1.54) is 23.9 Å². The van der Waals surface area contributed by atoms with Gasteiger partial charge in [0, 0.05) is 6.42 Å². The number of carboxylic acid groups (broad SMARTS) is 2. The van der Waals surface area contributed by atoms with Crippen molar-refractivity contribution in [3.63, 3.8) is 0 Å². The van der Waals surface area contributed by atoms with E-state index in [-0.39, 0.29) is 18.6 Å². The number of aliphatic carboxylic acids is 2. The first-order valence-electron chi connectivity index (χ1n) is 8.71. The van der Waals surface area contributed by atoms with Crippen LogP contribution in [0.3, 0.4) is 0 Å². The van der Waals surface area contributed by atoms with Crippen LogP contribution in [0.15, 0.2) is 24.3 Å². The molecule has 0 aliphatic carbocycles. The number of rotatable bonds is 12. The second kappa shape index (κ2) is 11.9. The van der Waals surface area contributed by atoms with Gasteiger partial charge in [0.05, 0.1) is 12.5 Å². The quantitative estimate of drug-likeness (QED) is 0.257. The number of thioether (sulfide) groups is 1. The number of hydrogen-bond acceptors (Lipinski definition) is 7. The highest BCUT2D eigenvalue weighted by molar-refractivity contribution is 7.98. The minimum Gasteiger partial charge on any atom is -0.508 e. The summed E-state index contributed by atoms with van der Waals surface area (Å²) in [6.45, 7) is 0. The fourth-order valence-corrected chi connectivity index (χ4v) is 2.87. The highest BCUT2D eigenvalue weighted by Gasteiger charge is 2.28. The van der Waals surface area contributed by atoms with E-state index in [0.29, 0.717) is 11.3 Å². The molecule has 2 amide bonds. The lowest BCUT2D eigenvalue weighted by Gasteiger charge is -2.23. The van der Waals surface area contributed by atoms with Gasteiger partial charge in [-0.1, -0.05) is 12.1 Å². The second-order valence-corrected chi connectivity index (χ2v) is 7.30. The molecule has 0 bridgehead atoms. The first kappa shape index (κ1) is 24.2. The van der Waals surface area contributed by atoms with Gasteiger partial charge >= 0.3 is 11.9 Å². The van der Waals surface area contributed by atoms with Gasteiger partial charge in [0.25, 0.3) is 0 Å². The lowest BCUT2D eigenvalue weighted by atomic mass is 10.0. The number of nitrogens with one attached hydrogen (secondary N) is 2. The summed E-state index contributed by atoms with van der Waals surface area (Å²) < 4.78 is 0. The lowest BCUT2D eigenvalue weighted by Crippen LogP contribution is -2.55. The number of benzene rings is 1. The van der Waals surface area contributed by atoms with Crippen molar-refractivity contribution in [2.75, 3.05) is 12.0 Å². The Kier molecular flexibility index (Phi) is 9.97. The number of nitrogens with two attached hydrogens (primary N) is 1. The summed E-state index contributed by atoms with van der Waals surface area (Å²) in [6.07, 6.45) is 1.37. The number of phenolic OH excluding ortho intramolecular Hbond substituents is 1. The summed E-state index contributed by atoms with van der Waals surface area (Å²) in [7, 11) is 0. The molecular formula is C18H25N3O7S. The summed E-state index contributed by atoms with van der Waals surface area (Å²) in [5, 5.41) is 32.2. The number of phenols is 1. The molecule has 1 aromatic rings. The molecule has 29 heavy (non-hydrogen) atoms. The molecule has 3 atom stereocenters. The summed E-state index contributed by atoms with van der Waals surface area (Å²) >= 11 is 1.43. The van der Waals surface area contributed by atoms with Crippen LogP contribution >= 0.6 is 11.8 Å². The molecule has 10 nitrogen and oxygen atoms in total. The van der Waals surface area contributed by atoms with Crippen LogP contribution in [0.2, 0.25) is 0 Å². The van der Waals surface area contributed by atoms with Gasteiger partial charge < -0.3 is 31.7 Å². The maximum Gasteiger partial charge on any atom is 0.326 e. The first-order valence-corrected chi connectivity index (χ1v) is 10.1. The molecule has 0 fully saturated rings. The monoisotopic (exact) mass is 427 g/mol. The maximum absolute atomic E-state index is 12.7. The number of carbonyl (C=O) groups is 4. The largest absolute Gasteiger partial charge is 0.508 e. The molecule has 0 heterocycles. The Bertz CT molecular complexity index is 727. The summed E-state index contributed by atoms with van der Waals surface area (Å²) in [6, 6.07) is 2.21. The van der Waals surface area contributed by atoms with Crippen LogP contribution in [-0.2, 0) is 25.6 Å². The fourth-order valence-electron chi connectivity index (χ4n) is 2.40. The lowest BCUT2D eigenvalue weighted by molar-refractivity contribution is -0.142. The zero-order valence-electron chi connectivity index (χ0n) is 15.8. The van der Waals surface area contributed by atoms with Crippen molar-refractivity contribution in [1.82, 2.24) is 10.6 Å². The van der Waals surface area contributed by atoms with Gasteiger partial charge in [0.15, 0.2) is 0 Å². The van der Waals surface area contributed by atoms with E-state index >= 15 is 0 Å². The van der Waals surface area contributed by atoms with Crippen molar-refractivity contribution in [3.05, 3.63) is 29.8 Å². The van der Waals surface area contributed by atoms with Gasteiger partial charge in [-0.2, -0.15) is 11.8 Å². The molecule has 7 N–H and O–H groups in total. The molecule has 0 spiro atoms. The predicted octanol–water partition coefficient (Wildman–Crippen LogP) is -0.456. The Morgan fingerprint density at radius 3 is 2.14 bits per heavy atom. The first-order chi connectivity index (χ1) is 13.6. The van der Waals surface area contributed by atoms with Crippen molar-refractivity contribution in [1.29, 1.82) is 0 Å². The van der Waals surface area contributed by atoms with Crippen LogP contribution in [0.1, 0.15) is 18.4 Å². The fraction of sp³-hybridized carbons (Fsp3) is 0.444. The Labute approximate surface area is 171 Å². The number of carbonyl (C=O) groups excluding carboxylic acids is 2. The van der Waals surface area contributed by atoms with E-state index in [1.807, 2.05) is 0 Å². The third-order valence-corrected chi connectivity index (χ3v) is 4.61. The van der Waals surface area contributed by atoms with Crippen molar-refractivity contribution in [2.45, 2.75) is 37.4 Å². The standard InChI is InChI=1S/C18H25N3O7S/c1-29-7-6-13(18(27)28)20-17(26)14(8-10-2-4-11(22)5-3-10)21-16(25)12(19)9-15(23)24/h2-5,12-14,22H,6-9,19H2,1H3,(H,20,26)(H,21,25)(H,23,24)(H,27,28)/t12-,13+,14-/m0/s1. The van der Waals surface area contributed by atoms with E-state index in [0.717, 1.165) is 0 Å². The molecule has 0 aliphatic heterocycles. The molecule has 0 aliphatic rings. The SMILES string of the molecule is CSCC[C@@H](NC(=O)[C@H](Cc1ccc(O)cc1)NC(=O)[C@@H](N)CC(=O)O)C(=O)O. The third-order valence-electron chi connectivity index (χ3n) is 3.97. The van der Waals surface area contributed by atoms with Gasteiger partial charge in [-0.15, -0.1) is 0 Å². The van der Waals surface area contributed by atoms with Crippen LogP contribution in [0, 0.1) is 0 Å². The van der Waals surface area contributed by atoms with Crippen molar-refractivity contribution >= 4 is 35.5 Å². The Morgan fingerprint density at radius 2 is 1.62 bits per heavy atom. The summed E-state index contributed by atoms with van der Waals surface area (Å²) in [4.78, 5) is 47.0. The third kappa shape index (κ3) is 8.83. The van der Waals surface area contributed by atoms with E-state index in [9.17, 15) is 29.4 Å². The molecule has 1 rings (SSSR count). The van der Waals surface area contributed by atoms with Crippen LogP contribution in [0.4, 0.5) is 0 Å². The highest BCUT2D eigenvalue weighted by atomic mass is 32.2. The summed E-state index contributed by atoms with van der Waals surface area (Å²) in [5.41, 5.74) is 6.13. The van der Waals surface area contributed by atoms with Gasteiger partial charge in [-0.3, -0.25) is 14.4 Å². The molecule has 1 aromatic carbocycles. The smallest absolute Gasteiger partial charge is 0.326 e. The van der Waals surface area contributed by atoms with E-state index < -0.39 is 48.3 Å². The molecule has 11 heteroatoms. The topological polar surface area (TPSA) is 179 Å². The molecule has 0 unspecified atom stereocenters. The van der Waals surface area contributed by atoms with Crippen molar-refractivity contribution in [3.8, 4) is 5.75 Å². The van der Waals surface area contributed by atoms with E-state index in [4.69, 9.17) is 10.8 Å². The van der Waals surface area contributed by atoms with Crippen LogP contribution in [0.25, 0.3) is 0 Å². The summed E-state index contributed by atoms with van der Waals surface area (Å²) in [5.74, 6) is -3.52. The van der Waals surface area contributed by atoms with Gasteiger partial charge in [0.1, 0.15) is 17.8 Å². The average molecular weight is 427 g/mol. The number of aromatic hydroxyl groups is 1. The molecule has 0 saturated carbocycles. The van der Waals surface area contributed by atoms with Crippen LogP contribution < -0.4 is 16.4 Å². The second-order valence-electron chi connectivity index (χ2n) is 6.32. The molecule has 0 saturated heterocycles. The van der Waals surface area contributed by atoms with Crippen LogP contribution in [0.5, 0.6) is 5.75 Å². The molecular weight excluding hydrogens is 402 g/mol. The normalized spacial score (nSPS) is 13.7. The van der Waals surface area contributed by atoms with E-state index in [2.05, 4.69) is 10.6 Å².